The molecule has 0 aliphatic carbocycles. The first-order valence-corrected chi connectivity index (χ1v) is 7.64. The SMILES string of the molecule is CCCCCC(C)Nc1nc2cc(C)ccc2s1. The van der Waals surface area contributed by atoms with Gasteiger partial charge in [0.15, 0.2) is 5.13 Å². The molecule has 0 aliphatic heterocycles. The second-order valence-corrected chi connectivity index (χ2v) is 6.06. The summed E-state index contributed by atoms with van der Waals surface area (Å²) < 4.78 is 1.27. The van der Waals surface area contributed by atoms with Crippen molar-refractivity contribution in [1.29, 1.82) is 0 Å². The lowest BCUT2D eigenvalue weighted by atomic mass is 10.1. The van der Waals surface area contributed by atoms with Gasteiger partial charge in [0.1, 0.15) is 0 Å². The molecule has 0 radical (unpaired) electrons. The molecule has 0 saturated carbocycles. The Bertz CT molecular complexity index is 504. The Morgan fingerprint density at radius 3 is 2.94 bits per heavy atom. The van der Waals surface area contributed by atoms with Gasteiger partial charge in [-0.2, -0.15) is 0 Å². The van der Waals surface area contributed by atoms with Crippen molar-refractivity contribution in [2.24, 2.45) is 0 Å². The summed E-state index contributed by atoms with van der Waals surface area (Å²) in [7, 11) is 0. The number of nitrogens with zero attached hydrogens (tertiary/aromatic N) is 1. The van der Waals surface area contributed by atoms with Crippen molar-refractivity contribution in [2.75, 3.05) is 5.32 Å². The van der Waals surface area contributed by atoms with Crippen LogP contribution in [0.2, 0.25) is 0 Å². The standard InChI is InChI=1S/C15H22N2S/c1-4-5-6-7-12(3)16-15-17-13-10-11(2)8-9-14(13)18-15/h8-10,12H,4-7H2,1-3H3,(H,16,17). The monoisotopic (exact) mass is 262 g/mol. The molecule has 1 aromatic carbocycles. The predicted octanol–water partition coefficient (Wildman–Crippen LogP) is 4.99. The van der Waals surface area contributed by atoms with Gasteiger partial charge in [0, 0.05) is 6.04 Å². The first kappa shape index (κ1) is 13.3. The van der Waals surface area contributed by atoms with Gasteiger partial charge in [0.25, 0.3) is 0 Å². The molecule has 1 aromatic heterocycles. The van der Waals surface area contributed by atoms with E-state index in [0.29, 0.717) is 6.04 Å². The average molecular weight is 262 g/mol. The van der Waals surface area contributed by atoms with Crippen LogP contribution in [0.1, 0.15) is 45.1 Å². The van der Waals surface area contributed by atoms with Crippen LogP contribution in [0.4, 0.5) is 5.13 Å². The van der Waals surface area contributed by atoms with Crippen molar-refractivity contribution in [3.8, 4) is 0 Å². The van der Waals surface area contributed by atoms with E-state index in [1.54, 1.807) is 11.3 Å². The number of benzene rings is 1. The minimum atomic E-state index is 0.512. The van der Waals surface area contributed by atoms with Crippen molar-refractivity contribution in [2.45, 2.75) is 52.5 Å². The molecule has 1 N–H and O–H groups in total. The first-order chi connectivity index (χ1) is 8.69. The Labute approximate surface area is 113 Å². The summed E-state index contributed by atoms with van der Waals surface area (Å²) in [4.78, 5) is 4.65. The summed E-state index contributed by atoms with van der Waals surface area (Å²) >= 11 is 1.75. The van der Waals surface area contributed by atoms with Crippen molar-refractivity contribution < 1.29 is 0 Å². The number of aryl methyl sites for hydroxylation is 1. The molecule has 1 heterocycles. The van der Waals surface area contributed by atoms with Crippen molar-refractivity contribution in [3.05, 3.63) is 23.8 Å². The number of rotatable bonds is 6. The molecule has 98 valence electrons. The number of unbranched alkanes of at least 4 members (excludes halogenated alkanes) is 2. The van der Waals surface area contributed by atoms with Crippen LogP contribution in [0.25, 0.3) is 10.2 Å². The molecule has 0 fully saturated rings. The molecule has 3 heteroatoms. The Hall–Kier alpha value is -1.09. The van der Waals surface area contributed by atoms with E-state index in [9.17, 15) is 0 Å². The van der Waals surface area contributed by atoms with Crippen LogP contribution in [0.3, 0.4) is 0 Å². The van der Waals surface area contributed by atoms with E-state index in [1.807, 2.05) is 0 Å². The first-order valence-electron chi connectivity index (χ1n) is 6.82. The summed E-state index contributed by atoms with van der Waals surface area (Å²) in [5.41, 5.74) is 2.39. The van der Waals surface area contributed by atoms with Crippen LogP contribution in [-0.2, 0) is 0 Å². The Morgan fingerprint density at radius 2 is 2.17 bits per heavy atom. The van der Waals surface area contributed by atoms with Crippen LogP contribution in [0, 0.1) is 6.92 Å². The highest BCUT2D eigenvalue weighted by Crippen LogP contribution is 2.27. The Kier molecular flexibility index (Phi) is 4.59. The summed E-state index contributed by atoms with van der Waals surface area (Å²) in [6, 6.07) is 6.97. The van der Waals surface area contributed by atoms with Crippen LogP contribution >= 0.6 is 11.3 Å². The highest BCUT2D eigenvalue weighted by molar-refractivity contribution is 7.22. The van der Waals surface area contributed by atoms with E-state index in [2.05, 4.69) is 49.3 Å². The largest absolute Gasteiger partial charge is 0.359 e. The van der Waals surface area contributed by atoms with Gasteiger partial charge in [-0.15, -0.1) is 0 Å². The molecule has 1 unspecified atom stereocenters. The minimum absolute atomic E-state index is 0.512. The van der Waals surface area contributed by atoms with Gasteiger partial charge < -0.3 is 5.32 Å². The lowest BCUT2D eigenvalue weighted by Crippen LogP contribution is -2.14. The zero-order chi connectivity index (χ0) is 13.0. The lowest BCUT2D eigenvalue weighted by molar-refractivity contribution is 0.615. The van der Waals surface area contributed by atoms with Crippen LogP contribution in [0.5, 0.6) is 0 Å². The van der Waals surface area contributed by atoms with Crippen LogP contribution in [0.15, 0.2) is 18.2 Å². The predicted molar refractivity (Wildman–Crippen MR) is 81.6 cm³/mol. The number of fused-ring (bicyclic) bond motifs is 1. The summed E-state index contributed by atoms with van der Waals surface area (Å²) in [5, 5.41) is 4.57. The number of hydrogen-bond donors (Lipinski definition) is 1. The van der Waals surface area contributed by atoms with E-state index in [4.69, 9.17) is 0 Å². The van der Waals surface area contributed by atoms with Gasteiger partial charge >= 0.3 is 0 Å². The molecule has 0 aliphatic rings. The van der Waals surface area contributed by atoms with E-state index in [1.165, 1.54) is 35.9 Å². The topological polar surface area (TPSA) is 24.9 Å². The van der Waals surface area contributed by atoms with E-state index in [0.717, 1.165) is 10.6 Å². The minimum Gasteiger partial charge on any atom is -0.359 e. The van der Waals surface area contributed by atoms with Crippen molar-refractivity contribution >= 4 is 26.7 Å². The highest BCUT2D eigenvalue weighted by Gasteiger charge is 2.07. The van der Waals surface area contributed by atoms with Crippen LogP contribution in [-0.4, -0.2) is 11.0 Å². The highest BCUT2D eigenvalue weighted by atomic mass is 32.1. The zero-order valence-corrected chi connectivity index (χ0v) is 12.3. The van der Waals surface area contributed by atoms with Gasteiger partial charge in [-0.1, -0.05) is 43.6 Å². The maximum Gasteiger partial charge on any atom is 0.183 e. The second-order valence-electron chi connectivity index (χ2n) is 5.03. The number of aromatic nitrogens is 1. The fourth-order valence-electron chi connectivity index (χ4n) is 2.08. The zero-order valence-electron chi connectivity index (χ0n) is 11.5. The Balaban J connectivity index is 1.98. The van der Waals surface area contributed by atoms with Gasteiger partial charge in [-0.25, -0.2) is 4.98 Å². The van der Waals surface area contributed by atoms with Gasteiger partial charge in [-0.05, 0) is 38.0 Å². The van der Waals surface area contributed by atoms with Gasteiger partial charge in [-0.3, -0.25) is 0 Å². The van der Waals surface area contributed by atoms with E-state index in [-0.39, 0.29) is 0 Å². The molecular weight excluding hydrogens is 240 g/mol. The molecule has 2 rings (SSSR count). The van der Waals surface area contributed by atoms with Crippen molar-refractivity contribution in [3.63, 3.8) is 0 Å². The van der Waals surface area contributed by atoms with Crippen molar-refractivity contribution in [1.82, 2.24) is 4.98 Å². The molecule has 2 aromatic rings. The molecule has 0 spiro atoms. The summed E-state index contributed by atoms with van der Waals surface area (Å²) in [6.07, 6.45) is 5.13. The summed E-state index contributed by atoms with van der Waals surface area (Å²) in [6.45, 7) is 6.60. The molecule has 0 bridgehead atoms. The number of anilines is 1. The number of thiazole rings is 1. The third-order valence-electron chi connectivity index (χ3n) is 3.15. The molecule has 2 nitrogen and oxygen atoms in total. The van der Waals surface area contributed by atoms with Crippen LogP contribution < -0.4 is 5.32 Å². The second kappa shape index (κ2) is 6.19. The molecule has 1 atom stereocenters. The lowest BCUT2D eigenvalue weighted by Gasteiger charge is -2.11. The maximum atomic E-state index is 4.65. The quantitative estimate of drug-likeness (QED) is 0.742. The molecular formula is C15H22N2S. The van der Waals surface area contributed by atoms with E-state index >= 15 is 0 Å². The third kappa shape index (κ3) is 3.45. The van der Waals surface area contributed by atoms with Gasteiger partial charge in [0.05, 0.1) is 10.2 Å². The molecule has 18 heavy (non-hydrogen) atoms. The molecule has 0 saturated heterocycles. The normalized spacial score (nSPS) is 12.8. The third-order valence-corrected chi connectivity index (χ3v) is 4.12. The number of nitrogens with one attached hydrogen (secondary N) is 1. The van der Waals surface area contributed by atoms with Gasteiger partial charge in [0.2, 0.25) is 0 Å². The smallest absolute Gasteiger partial charge is 0.183 e. The molecule has 0 amide bonds. The summed E-state index contributed by atoms with van der Waals surface area (Å²) in [5.74, 6) is 0. The number of hydrogen-bond acceptors (Lipinski definition) is 3. The fourth-order valence-corrected chi connectivity index (χ4v) is 3.04. The maximum absolute atomic E-state index is 4.65. The average Bonchev–Trinajstić information content (AvgIpc) is 2.70. The fraction of sp³-hybridized carbons (Fsp3) is 0.533. The Morgan fingerprint density at radius 1 is 1.33 bits per heavy atom. The van der Waals surface area contributed by atoms with E-state index < -0.39 is 0 Å².